The zero-order valence-electron chi connectivity index (χ0n) is 10.8. The van der Waals surface area contributed by atoms with E-state index in [2.05, 4.69) is 45.3 Å². The second kappa shape index (κ2) is 5.01. The van der Waals surface area contributed by atoms with E-state index >= 15 is 0 Å². The first-order chi connectivity index (χ1) is 7.68. The normalized spacial score (nSPS) is 19.2. The van der Waals surface area contributed by atoms with Crippen LogP contribution < -0.4 is 4.90 Å². The van der Waals surface area contributed by atoms with Gasteiger partial charge in [0.15, 0.2) is 0 Å². The first-order valence-corrected chi connectivity index (χ1v) is 6.58. The van der Waals surface area contributed by atoms with E-state index < -0.39 is 0 Å². The van der Waals surface area contributed by atoms with Crippen molar-refractivity contribution in [2.24, 2.45) is 0 Å². The fourth-order valence-corrected chi connectivity index (χ4v) is 2.65. The minimum atomic E-state index is 0.595. The molecule has 0 aliphatic heterocycles. The fraction of sp³-hybridized carbons (Fsp3) is 0.600. The van der Waals surface area contributed by atoms with E-state index in [0.717, 1.165) is 5.92 Å². The highest BCUT2D eigenvalue weighted by molar-refractivity contribution is 5.26. The summed E-state index contributed by atoms with van der Waals surface area (Å²) in [5.41, 5.74) is 3.02. The summed E-state index contributed by atoms with van der Waals surface area (Å²) in [5, 5.41) is 0. The third-order valence-electron chi connectivity index (χ3n) is 4.13. The van der Waals surface area contributed by atoms with Gasteiger partial charge in [0.05, 0.1) is 14.1 Å². The summed E-state index contributed by atoms with van der Waals surface area (Å²) >= 11 is 0. The quantitative estimate of drug-likeness (QED) is 0.795. The molecule has 0 amide bonds. The van der Waals surface area contributed by atoms with Crippen molar-refractivity contribution in [2.75, 3.05) is 14.1 Å². The molecule has 1 N–H and O–H groups in total. The minimum Gasteiger partial charge on any atom is -0.334 e. The van der Waals surface area contributed by atoms with E-state index in [-0.39, 0.29) is 0 Å². The molecule has 88 valence electrons. The maximum atomic E-state index is 2.35. The van der Waals surface area contributed by atoms with Gasteiger partial charge in [-0.25, -0.2) is 0 Å². The van der Waals surface area contributed by atoms with Crippen molar-refractivity contribution in [3.8, 4) is 0 Å². The molecule has 0 bridgehead atoms. The van der Waals surface area contributed by atoms with Crippen LogP contribution in [0.3, 0.4) is 0 Å². The van der Waals surface area contributed by atoms with Crippen LogP contribution in [0.5, 0.6) is 0 Å². The molecule has 0 saturated heterocycles. The standard InChI is InChI=1S/C15H23N/c1-12(16(2)3)13-8-10-15(11-9-13)14-6-4-5-7-14/h8-12,14H,4-7H2,1-3H3/p+1/t12-/m0/s1. The number of hydrogen-bond acceptors (Lipinski definition) is 0. The molecule has 1 aromatic rings. The van der Waals surface area contributed by atoms with Crippen LogP contribution >= 0.6 is 0 Å². The number of quaternary nitrogens is 1. The van der Waals surface area contributed by atoms with Crippen molar-refractivity contribution in [3.05, 3.63) is 35.4 Å². The van der Waals surface area contributed by atoms with Crippen LogP contribution in [0.2, 0.25) is 0 Å². The van der Waals surface area contributed by atoms with Gasteiger partial charge in [0.2, 0.25) is 0 Å². The predicted molar refractivity (Wildman–Crippen MR) is 68.9 cm³/mol. The van der Waals surface area contributed by atoms with Crippen LogP contribution in [-0.2, 0) is 0 Å². The van der Waals surface area contributed by atoms with E-state index in [1.165, 1.54) is 36.1 Å². The smallest absolute Gasteiger partial charge is 0.110 e. The molecule has 1 saturated carbocycles. The lowest BCUT2D eigenvalue weighted by Crippen LogP contribution is -3.05. The SMILES string of the molecule is C[C@@H](c1ccc(C2CCCC2)cc1)[NH+](C)C. The zero-order valence-corrected chi connectivity index (χ0v) is 10.8. The number of nitrogens with one attached hydrogen (secondary N) is 1. The van der Waals surface area contributed by atoms with Gasteiger partial charge in [-0.1, -0.05) is 37.1 Å². The minimum absolute atomic E-state index is 0.595. The highest BCUT2D eigenvalue weighted by Gasteiger charge is 2.17. The molecule has 0 radical (unpaired) electrons. The summed E-state index contributed by atoms with van der Waals surface area (Å²) in [7, 11) is 4.44. The van der Waals surface area contributed by atoms with Gasteiger partial charge in [0.25, 0.3) is 0 Å². The third-order valence-corrected chi connectivity index (χ3v) is 4.13. The van der Waals surface area contributed by atoms with Gasteiger partial charge in [0.1, 0.15) is 6.04 Å². The molecule has 1 aromatic carbocycles. The molecule has 1 nitrogen and oxygen atoms in total. The first kappa shape index (κ1) is 11.7. The van der Waals surface area contributed by atoms with Crippen molar-refractivity contribution in [1.29, 1.82) is 0 Å². The van der Waals surface area contributed by atoms with Crippen molar-refractivity contribution < 1.29 is 4.90 Å². The summed E-state index contributed by atoms with van der Waals surface area (Å²) in [6.45, 7) is 2.29. The highest BCUT2D eigenvalue weighted by atomic mass is 15.1. The largest absolute Gasteiger partial charge is 0.334 e. The average Bonchev–Trinajstić information content (AvgIpc) is 2.81. The Bertz CT molecular complexity index is 299. The Labute approximate surface area is 99.5 Å². The van der Waals surface area contributed by atoms with Gasteiger partial charge in [-0.05, 0) is 31.2 Å². The Balaban J connectivity index is 2.09. The molecule has 0 spiro atoms. The summed E-state index contributed by atoms with van der Waals surface area (Å²) < 4.78 is 0. The van der Waals surface area contributed by atoms with Gasteiger partial charge in [-0.2, -0.15) is 0 Å². The molecule has 1 aliphatic carbocycles. The van der Waals surface area contributed by atoms with E-state index in [9.17, 15) is 0 Å². The van der Waals surface area contributed by atoms with Crippen molar-refractivity contribution in [1.82, 2.24) is 0 Å². The lowest BCUT2D eigenvalue weighted by Gasteiger charge is -2.18. The van der Waals surface area contributed by atoms with Crippen LogP contribution in [0.4, 0.5) is 0 Å². The topological polar surface area (TPSA) is 4.44 Å². The Morgan fingerprint density at radius 1 is 1.06 bits per heavy atom. The maximum absolute atomic E-state index is 2.35. The molecule has 0 aromatic heterocycles. The Kier molecular flexibility index (Phi) is 3.65. The van der Waals surface area contributed by atoms with Crippen LogP contribution in [-0.4, -0.2) is 14.1 Å². The summed E-state index contributed by atoms with van der Waals surface area (Å²) in [4.78, 5) is 1.49. The van der Waals surface area contributed by atoms with Gasteiger partial charge in [-0.3, -0.25) is 0 Å². The van der Waals surface area contributed by atoms with E-state index in [1.807, 2.05) is 0 Å². The predicted octanol–water partition coefficient (Wildman–Crippen LogP) is 2.55. The average molecular weight is 218 g/mol. The molecular weight excluding hydrogens is 194 g/mol. The van der Waals surface area contributed by atoms with Crippen molar-refractivity contribution in [2.45, 2.75) is 44.6 Å². The zero-order chi connectivity index (χ0) is 11.5. The Morgan fingerprint density at radius 2 is 1.62 bits per heavy atom. The highest BCUT2D eigenvalue weighted by Crippen LogP contribution is 2.34. The lowest BCUT2D eigenvalue weighted by molar-refractivity contribution is -0.890. The second-order valence-electron chi connectivity index (χ2n) is 5.45. The molecule has 0 heterocycles. The monoisotopic (exact) mass is 218 g/mol. The number of benzene rings is 1. The van der Waals surface area contributed by atoms with Gasteiger partial charge >= 0.3 is 0 Å². The van der Waals surface area contributed by atoms with Gasteiger partial charge in [0, 0.05) is 5.56 Å². The molecule has 1 aliphatic rings. The summed E-state index contributed by atoms with van der Waals surface area (Å²) in [5.74, 6) is 0.844. The molecule has 2 rings (SSSR count). The number of hydrogen-bond donors (Lipinski definition) is 1. The molecular formula is C15H24N+. The Morgan fingerprint density at radius 3 is 2.12 bits per heavy atom. The molecule has 0 unspecified atom stereocenters. The maximum Gasteiger partial charge on any atom is 0.110 e. The van der Waals surface area contributed by atoms with Gasteiger partial charge < -0.3 is 4.90 Å². The second-order valence-corrected chi connectivity index (χ2v) is 5.45. The molecule has 16 heavy (non-hydrogen) atoms. The van der Waals surface area contributed by atoms with Crippen LogP contribution in [0, 0.1) is 0 Å². The van der Waals surface area contributed by atoms with Crippen molar-refractivity contribution >= 4 is 0 Å². The van der Waals surface area contributed by atoms with Crippen LogP contribution in [0.15, 0.2) is 24.3 Å². The first-order valence-electron chi connectivity index (χ1n) is 6.58. The summed E-state index contributed by atoms with van der Waals surface area (Å²) in [6, 6.07) is 9.95. The molecule has 1 atom stereocenters. The molecule has 1 heteroatoms. The lowest BCUT2D eigenvalue weighted by atomic mass is 9.95. The van der Waals surface area contributed by atoms with E-state index in [4.69, 9.17) is 0 Å². The van der Waals surface area contributed by atoms with E-state index in [0.29, 0.717) is 6.04 Å². The third kappa shape index (κ3) is 2.46. The summed E-state index contributed by atoms with van der Waals surface area (Å²) in [6.07, 6.45) is 5.64. The van der Waals surface area contributed by atoms with Crippen LogP contribution in [0.1, 0.15) is 55.7 Å². The van der Waals surface area contributed by atoms with E-state index in [1.54, 1.807) is 5.56 Å². The van der Waals surface area contributed by atoms with Crippen LogP contribution in [0.25, 0.3) is 0 Å². The van der Waals surface area contributed by atoms with Gasteiger partial charge in [-0.15, -0.1) is 0 Å². The fourth-order valence-electron chi connectivity index (χ4n) is 2.65. The molecule has 1 fully saturated rings. The Hall–Kier alpha value is -0.820. The number of rotatable bonds is 3. The van der Waals surface area contributed by atoms with Crippen molar-refractivity contribution in [3.63, 3.8) is 0 Å².